The highest BCUT2D eigenvalue weighted by atomic mass is 16.4. The number of rotatable bonds is 3. The lowest BCUT2D eigenvalue weighted by atomic mass is 10.0. The Morgan fingerprint density at radius 1 is 1.08 bits per heavy atom. The van der Waals surface area contributed by atoms with Gasteiger partial charge in [-0.1, -0.05) is 18.2 Å². The van der Waals surface area contributed by atoms with Crippen LogP contribution in [0.25, 0.3) is 11.0 Å². The third-order valence-electron chi connectivity index (χ3n) is 4.95. The number of nitrogens with one attached hydrogen (secondary N) is 1. The van der Waals surface area contributed by atoms with E-state index >= 15 is 0 Å². The summed E-state index contributed by atoms with van der Waals surface area (Å²) in [5.41, 5.74) is -0.0578. The fourth-order valence-electron chi connectivity index (χ4n) is 3.27. The second-order valence-corrected chi connectivity index (χ2v) is 6.83. The molecule has 2 amide bonds. The molecule has 0 atom stereocenters. The number of hydrogen-bond acceptors (Lipinski definition) is 4. The van der Waals surface area contributed by atoms with E-state index in [1.165, 1.54) is 0 Å². The first-order valence-corrected chi connectivity index (χ1v) is 8.74. The SMILES string of the molecule is O=C(NC1CCN(C(=O)c2cc3ccccc3oc2=O)CC1)C1CC1. The molecule has 1 aromatic heterocycles. The number of piperidine rings is 1. The minimum atomic E-state index is -0.604. The number of nitrogens with zero attached hydrogens (tertiary/aromatic N) is 1. The topological polar surface area (TPSA) is 79.6 Å². The Morgan fingerprint density at radius 2 is 1.80 bits per heavy atom. The van der Waals surface area contributed by atoms with Crippen molar-refractivity contribution in [1.29, 1.82) is 0 Å². The Hall–Kier alpha value is -2.63. The molecule has 2 aliphatic rings. The van der Waals surface area contributed by atoms with Crippen LogP contribution in [0.1, 0.15) is 36.0 Å². The van der Waals surface area contributed by atoms with Crippen LogP contribution in [0.3, 0.4) is 0 Å². The second-order valence-electron chi connectivity index (χ2n) is 6.83. The molecular formula is C19H20N2O4. The number of likely N-dealkylation sites (tertiary alicyclic amines) is 1. The zero-order chi connectivity index (χ0) is 17.4. The summed E-state index contributed by atoms with van der Waals surface area (Å²) in [6, 6.07) is 8.86. The predicted molar refractivity (Wildman–Crippen MR) is 92.3 cm³/mol. The smallest absolute Gasteiger partial charge is 0.349 e. The zero-order valence-corrected chi connectivity index (χ0v) is 13.9. The molecule has 1 N–H and O–H groups in total. The van der Waals surface area contributed by atoms with Gasteiger partial charge >= 0.3 is 5.63 Å². The maximum Gasteiger partial charge on any atom is 0.349 e. The van der Waals surface area contributed by atoms with Gasteiger partial charge in [-0.2, -0.15) is 0 Å². The van der Waals surface area contributed by atoms with Crippen molar-refractivity contribution in [3.8, 4) is 0 Å². The van der Waals surface area contributed by atoms with Gasteiger partial charge in [0, 0.05) is 30.4 Å². The van der Waals surface area contributed by atoms with Crippen LogP contribution < -0.4 is 10.9 Å². The molecule has 6 nitrogen and oxygen atoms in total. The van der Waals surface area contributed by atoms with Gasteiger partial charge < -0.3 is 14.6 Å². The number of para-hydroxylation sites is 1. The zero-order valence-electron chi connectivity index (χ0n) is 13.9. The molecule has 1 saturated heterocycles. The van der Waals surface area contributed by atoms with Crippen molar-refractivity contribution >= 4 is 22.8 Å². The minimum Gasteiger partial charge on any atom is -0.422 e. The van der Waals surface area contributed by atoms with Gasteiger partial charge in [0.2, 0.25) is 5.91 Å². The highest BCUT2D eigenvalue weighted by Gasteiger charge is 2.32. The van der Waals surface area contributed by atoms with Crippen LogP contribution in [-0.2, 0) is 4.79 Å². The van der Waals surface area contributed by atoms with Crippen LogP contribution in [0, 0.1) is 5.92 Å². The molecule has 2 heterocycles. The van der Waals surface area contributed by atoms with Gasteiger partial charge in [-0.05, 0) is 37.8 Å². The molecule has 25 heavy (non-hydrogen) atoms. The van der Waals surface area contributed by atoms with Gasteiger partial charge in [0.1, 0.15) is 11.1 Å². The molecule has 0 bridgehead atoms. The van der Waals surface area contributed by atoms with Crippen molar-refractivity contribution < 1.29 is 14.0 Å². The first kappa shape index (κ1) is 15.9. The molecule has 6 heteroatoms. The van der Waals surface area contributed by atoms with Gasteiger partial charge in [0.25, 0.3) is 5.91 Å². The van der Waals surface area contributed by atoms with E-state index < -0.39 is 5.63 Å². The normalized spacial score (nSPS) is 18.3. The number of hydrogen-bond donors (Lipinski definition) is 1. The Balaban J connectivity index is 1.44. The van der Waals surface area contributed by atoms with Crippen molar-refractivity contribution in [3.05, 3.63) is 46.3 Å². The Bertz CT molecular complexity index is 876. The summed E-state index contributed by atoms with van der Waals surface area (Å²) in [4.78, 5) is 38.3. The third kappa shape index (κ3) is 3.29. The van der Waals surface area contributed by atoms with E-state index in [2.05, 4.69) is 5.32 Å². The molecule has 1 aliphatic carbocycles. The maximum absolute atomic E-state index is 12.7. The van der Waals surface area contributed by atoms with Crippen LogP contribution in [0.2, 0.25) is 0 Å². The van der Waals surface area contributed by atoms with Crippen LogP contribution in [0.15, 0.2) is 39.5 Å². The first-order valence-electron chi connectivity index (χ1n) is 8.74. The van der Waals surface area contributed by atoms with E-state index in [1.54, 1.807) is 23.1 Å². The lowest BCUT2D eigenvalue weighted by Crippen LogP contribution is -2.47. The van der Waals surface area contributed by atoms with E-state index in [-0.39, 0.29) is 29.3 Å². The summed E-state index contributed by atoms with van der Waals surface area (Å²) in [6.07, 6.45) is 3.40. The van der Waals surface area contributed by atoms with Crippen molar-refractivity contribution in [3.63, 3.8) is 0 Å². The van der Waals surface area contributed by atoms with E-state index in [1.807, 2.05) is 12.1 Å². The minimum absolute atomic E-state index is 0.0687. The summed E-state index contributed by atoms with van der Waals surface area (Å²) in [5.74, 6) is 0.0355. The van der Waals surface area contributed by atoms with E-state index in [9.17, 15) is 14.4 Å². The molecule has 0 radical (unpaired) electrons. The van der Waals surface area contributed by atoms with Gasteiger partial charge in [-0.15, -0.1) is 0 Å². The molecule has 0 spiro atoms. The average molecular weight is 340 g/mol. The molecule has 1 aliphatic heterocycles. The molecule has 0 unspecified atom stereocenters. The van der Waals surface area contributed by atoms with Crippen molar-refractivity contribution in [2.24, 2.45) is 5.92 Å². The Kier molecular flexibility index (Phi) is 4.03. The number of amides is 2. The number of carbonyl (C=O) groups is 2. The monoisotopic (exact) mass is 340 g/mol. The lowest BCUT2D eigenvalue weighted by molar-refractivity contribution is -0.123. The molecule has 130 valence electrons. The fraction of sp³-hybridized carbons (Fsp3) is 0.421. The lowest BCUT2D eigenvalue weighted by Gasteiger charge is -2.32. The predicted octanol–water partition coefficient (Wildman–Crippen LogP) is 1.92. The van der Waals surface area contributed by atoms with E-state index in [0.717, 1.165) is 18.2 Å². The molecule has 4 rings (SSSR count). The number of carbonyl (C=O) groups excluding carboxylic acids is 2. The Morgan fingerprint density at radius 3 is 2.52 bits per heavy atom. The molecular weight excluding hydrogens is 320 g/mol. The van der Waals surface area contributed by atoms with E-state index in [4.69, 9.17) is 4.42 Å². The van der Waals surface area contributed by atoms with Gasteiger partial charge in [-0.3, -0.25) is 9.59 Å². The van der Waals surface area contributed by atoms with Gasteiger partial charge in [0.05, 0.1) is 0 Å². The van der Waals surface area contributed by atoms with Crippen molar-refractivity contribution in [2.45, 2.75) is 31.7 Å². The summed E-state index contributed by atoms with van der Waals surface area (Å²) >= 11 is 0. The summed E-state index contributed by atoms with van der Waals surface area (Å²) in [6.45, 7) is 1.06. The fourth-order valence-corrected chi connectivity index (χ4v) is 3.27. The van der Waals surface area contributed by atoms with Crippen LogP contribution in [-0.4, -0.2) is 35.8 Å². The number of benzene rings is 1. The van der Waals surface area contributed by atoms with E-state index in [0.29, 0.717) is 31.5 Å². The molecule has 1 saturated carbocycles. The standard InChI is InChI=1S/C19H20N2O4/c22-17(12-5-6-12)20-14-7-9-21(10-8-14)18(23)15-11-13-3-1-2-4-16(13)25-19(15)24/h1-4,11-12,14H,5-10H2,(H,20,22). The van der Waals surface area contributed by atoms with Crippen molar-refractivity contribution in [2.75, 3.05) is 13.1 Å². The highest BCUT2D eigenvalue weighted by Crippen LogP contribution is 2.29. The number of fused-ring (bicyclic) bond motifs is 1. The third-order valence-corrected chi connectivity index (χ3v) is 4.95. The largest absolute Gasteiger partial charge is 0.422 e. The maximum atomic E-state index is 12.7. The summed E-state index contributed by atoms with van der Waals surface area (Å²) in [7, 11) is 0. The van der Waals surface area contributed by atoms with Crippen LogP contribution >= 0.6 is 0 Å². The quantitative estimate of drug-likeness (QED) is 0.866. The average Bonchev–Trinajstić information content (AvgIpc) is 3.46. The highest BCUT2D eigenvalue weighted by molar-refractivity contribution is 5.96. The molecule has 2 fully saturated rings. The van der Waals surface area contributed by atoms with Crippen molar-refractivity contribution in [1.82, 2.24) is 10.2 Å². The second kappa shape index (κ2) is 6.35. The first-order chi connectivity index (χ1) is 12.1. The van der Waals surface area contributed by atoms with Crippen LogP contribution in [0.5, 0.6) is 0 Å². The van der Waals surface area contributed by atoms with Crippen LogP contribution in [0.4, 0.5) is 0 Å². The summed E-state index contributed by atoms with van der Waals surface area (Å²) in [5, 5.41) is 3.79. The molecule has 2 aromatic rings. The summed E-state index contributed by atoms with van der Waals surface area (Å²) < 4.78 is 5.25. The van der Waals surface area contributed by atoms with Gasteiger partial charge in [0.15, 0.2) is 0 Å². The molecule has 1 aromatic carbocycles. The Labute approximate surface area is 144 Å². The van der Waals surface area contributed by atoms with Gasteiger partial charge in [-0.25, -0.2) is 4.79 Å².